The van der Waals surface area contributed by atoms with Crippen LogP contribution in [0, 0.1) is 0 Å². The predicted octanol–water partition coefficient (Wildman–Crippen LogP) is 1.37. The summed E-state index contributed by atoms with van der Waals surface area (Å²) < 4.78 is 5.40. The summed E-state index contributed by atoms with van der Waals surface area (Å²) in [5.74, 6) is 2.10. The first-order valence-corrected chi connectivity index (χ1v) is 6.53. The van der Waals surface area contributed by atoms with Gasteiger partial charge in [0.05, 0.1) is 13.2 Å². The highest BCUT2D eigenvalue weighted by atomic mass is 32.2. The van der Waals surface area contributed by atoms with Gasteiger partial charge < -0.3 is 4.74 Å². The first-order valence-electron chi connectivity index (χ1n) is 4.85. The van der Waals surface area contributed by atoms with E-state index in [0.29, 0.717) is 0 Å². The molecule has 0 aliphatic carbocycles. The van der Waals surface area contributed by atoms with Crippen molar-refractivity contribution < 1.29 is 4.74 Å². The Balaban J connectivity index is 2.00. The van der Waals surface area contributed by atoms with Gasteiger partial charge in [-0.1, -0.05) is 6.92 Å². The topological polar surface area (TPSA) is 12.5 Å². The van der Waals surface area contributed by atoms with Crippen molar-refractivity contribution in [3.8, 4) is 0 Å². The molecule has 1 aliphatic heterocycles. The van der Waals surface area contributed by atoms with E-state index in [0.717, 1.165) is 30.8 Å². The number of nitrogens with zero attached hydrogens (tertiary/aromatic N) is 1. The molecule has 0 radical (unpaired) electrons. The maximum atomic E-state index is 5.40. The predicted molar refractivity (Wildman–Crippen MR) is 63.0 cm³/mol. The van der Waals surface area contributed by atoms with Crippen molar-refractivity contribution in [1.29, 1.82) is 0 Å². The van der Waals surface area contributed by atoms with E-state index in [1.807, 2.05) is 0 Å². The molecule has 0 N–H and O–H groups in total. The smallest absolute Gasteiger partial charge is 0.0593 e. The summed E-state index contributed by atoms with van der Waals surface area (Å²) in [4.78, 5) is 2.49. The van der Waals surface area contributed by atoms with Gasteiger partial charge in [-0.2, -0.15) is 24.4 Å². The molecule has 1 rings (SSSR count). The van der Waals surface area contributed by atoms with Crippen LogP contribution < -0.4 is 0 Å². The monoisotopic (exact) mass is 221 g/mol. The van der Waals surface area contributed by atoms with E-state index in [2.05, 4.69) is 36.2 Å². The van der Waals surface area contributed by atoms with Crippen molar-refractivity contribution in [3.63, 3.8) is 0 Å². The lowest BCUT2D eigenvalue weighted by Gasteiger charge is -2.30. The van der Waals surface area contributed by atoms with Gasteiger partial charge in [-0.3, -0.25) is 4.90 Å². The fraction of sp³-hybridized carbons (Fsp3) is 1.00. The summed E-state index contributed by atoms with van der Waals surface area (Å²) in [5, 5.41) is 0.790. The van der Waals surface area contributed by atoms with Crippen molar-refractivity contribution >= 4 is 24.4 Å². The Morgan fingerprint density at radius 1 is 1.54 bits per heavy atom. The number of ether oxygens (including phenoxy) is 1. The Hall–Kier alpha value is 0.620. The zero-order valence-electron chi connectivity index (χ0n) is 8.24. The maximum absolute atomic E-state index is 5.40. The summed E-state index contributed by atoms with van der Waals surface area (Å²) in [6.45, 7) is 7.46. The first kappa shape index (κ1) is 11.7. The lowest BCUT2D eigenvalue weighted by molar-refractivity contribution is 0.117. The van der Waals surface area contributed by atoms with Crippen LogP contribution in [0.15, 0.2) is 0 Å². The van der Waals surface area contributed by atoms with Gasteiger partial charge in [0.1, 0.15) is 0 Å². The van der Waals surface area contributed by atoms with Crippen LogP contribution in [0.1, 0.15) is 6.92 Å². The Morgan fingerprint density at radius 3 is 3.08 bits per heavy atom. The average Bonchev–Trinajstić information content (AvgIpc) is 2.13. The van der Waals surface area contributed by atoms with Crippen LogP contribution in [0.3, 0.4) is 0 Å². The van der Waals surface area contributed by atoms with Gasteiger partial charge in [0, 0.05) is 36.4 Å². The number of rotatable bonds is 5. The van der Waals surface area contributed by atoms with Gasteiger partial charge in [0.15, 0.2) is 0 Å². The van der Waals surface area contributed by atoms with Crippen LogP contribution in [0.2, 0.25) is 0 Å². The van der Waals surface area contributed by atoms with Gasteiger partial charge in [0.2, 0.25) is 0 Å². The van der Waals surface area contributed by atoms with E-state index in [-0.39, 0.29) is 0 Å². The highest BCUT2D eigenvalue weighted by molar-refractivity contribution is 7.99. The quantitative estimate of drug-likeness (QED) is 0.556. The van der Waals surface area contributed by atoms with E-state index in [1.165, 1.54) is 18.8 Å². The van der Waals surface area contributed by atoms with E-state index >= 15 is 0 Å². The second-order valence-electron chi connectivity index (χ2n) is 3.32. The third-order valence-corrected chi connectivity index (χ3v) is 3.43. The third-order valence-electron chi connectivity index (χ3n) is 2.11. The molecule has 0 aromatic carbocycles. The molecule has 1 atom stereocenters. The molecule has 0 aromatic heterocycles. The molecule has 0 aromatic rings. The van der Waals surface area contributed by atoms with Gasteiger partial charge in [0.25, 0.3) is 0 Å². The molecule has 1 saturated heterocycles. The van der Waals surface area contributed by atoms with Gasteiger partial charge in [-0.05, 0) is 0 Å². The molecule has 0 amide bonds. The zero-order chi connectivity index (χ0) is 9.52. The highest BCUT2D eigenvalue weighted by Crippen LogP contribution is 2.16. The Morgan fingerprint density at radius 2 is 2.38 bits per heavy atom. The van der Waals surface area contributed by atoms with E-state index < -0.39 is 0 Å². The van der Waals surface area contributed by atoms with Crippen LogP contribution in [0.25, 0.3) is 0 Å². The summed E-state index contributed by atoms with van der Waals surface area (Å²) in [6.07, 6.45) is 0. The largest absolute Gasteiger partial charge is 0.379 e. The molecule has 1 aliphatic rings. The van der Waals surface area contributed by atoms with E-state index in [9.17, 15) is 0 Å². The van der Waals surface area contributed by atoms with Crippen molar-refractivity contribution in [2.45, 2.75) is 12.2 Å². The summed E-state index contributed by atoms with van der Waals surface area (Å²) in [6, 6.07) is 0. The molecule has 0 bridgehead atoms. The number of hydrogen-bond acceptors (Lipinski definition) is 4. The van der Waals surface area contributed by atoms with E-state index in [1.54, 1.807) is 0 Å². The van der Waals surface area contributed by atoms with E-state index in [4.69, 9.17) is 4.74 Å². The van der Waals surface area contributed by atoms with Crippen LogP contribution in [-0.2, 0) is 4.74 Å². The molecule has 1 unspecified atom stereocenters. The first-order chi connectivity index (χ1) is 6.33. The minimum atomic E-state index is 0.779. The SMILES string of the molecule is CC1CN(CCOCCS)CCS1. The molecular weight excluding hydrogens is 202 g/mol. The zero-order valence-corrected chi connectivity index (χ0v) is 9.95. The van der Waals surface area contributed by atoms with Crippen LogP contribution >= 0.6 is 24.4 Å². The highest BCUT2D eigenvalue weighted by Gasteiger charge is 2.15. The van der Waals surface area contributed by atoms with Gasteiger partial charge >= 0.3 is 0 Å². The summed E-state index contributed by atoms with van der Waals surface area (Å²) in [5.41, 5.74) is 0. The third kappa shape index (κ3) is 5.15. The number of thioether (sulfide) groups is 1. The molecule has 2 nitrogen and oxygen atoms in total. The molecule has 78 valence electrons. The normalized spacial score (nSPS) is 24.9. The molecule has 0 saturated carbocycles. The van der Waals surface area contributed by atoms with Crippen LogP contribution in [-0.4, -0.2) is 54.5 Å². The lowest BCUT2D eigenvalue weighted by atomic mass is 10.4. The molecule has 1 heterocycles. The number of thiol groups is 1. The summed E-state index contributed by atoms with van der Waals surface area (Å²) in [7, 11) is 0. The maximum Gasteiger partial charge on any atom is 0.0593 e. The second kappa shape index (κ2) is 6.98. The minimum Gasteiger partial charge on any atom is -0.379 e. The molecule has 13 heavy (non-hydrogen) atoms. The van der Waals surface area contributed by atoms with Crippen LogP contribution in [0.4, 0.5) is 0 Å². The van der Waals surface area contributed by atoms with Crippen LogP contribution in [0.5, 0.6) is 0 Å². The second-order valence-corrected chi connectivity index (χ2v) is 5.31. The number of hydrogen-bond donors (Lipinski definition) is 1. The molecule has 4 heteroatoms. The molecule has 0 spiro atoms. The molecular formula is C9H19NOS2. The Bertz CT molecular complexity index is 135. The lowest BCUT2D eigenvalue weighted by Crippen LogP contribution is -2.38. The van der Waals surface area contributed by atoms with Crippen molar-refractivity contribution in [2.24, 2.45) is 0 Å². The van der Waals surface area contributed by atoms with Crippen molar-refractivity contribution in [3.05, 3.63) is 0 Å². The Kier molecular flexibility index (Phi) is 6.28. The minimum absolute atomic E-state index is 0.779. The fourth-order valence-electron chi connectivity index (χ4n) is 1.45. The van der Waals surface area contributed by atoms with Gasteiger partial charge in [-0.25, -0.2) is 0 Å². The average molecular weight is 221 g/mol. The molecule has 1 fully saturated rings. The fourth-order valence-corrected chi connectivity index (χ4v) is 2.67. The van der Waals surface area contributed by atoms with Crippen molar-refractivity contribution in [2.75, 3.05) is 44.4 Å². The standard InChI is InChI=1S/C9H19NOS2/c1-9-8-10(3-7-13-9)2-4-11-5-6-12/h9,12H,2-8H2,1H3. The van der Waals surface area contributed by atoms with Gasteiger partial charge in [-0.15, -0.1) is 0 Å². The van der Waals surface area contributed by atoms with Crippen molar-refractivity contribution in [1.82, 2.24) is 4.90 Å². The summed E-state index contributed by atoms with van der Waals surface area (Å²) >= 11 is 6.16. The Labute approximate surface area is 90.8 Å².